The number of rotatable bonds is 6. The Hall–Kier alpha value is -3.55. The summed E-state index contributed by atoms with van der Waals surface area (Å²) in [5, 5.41) is 7.70. The first-order chi connectivity index (χ1) is 13.7. The lowest BCUT2D eigenvalue weighted by Crippen LogP contribution is -2.12. The van der Waals surface area contributed by atoms with Crippen molar-refractivity contribution < 1.29 is 8.67 Å². The molecule has 0 aliphatic rings. The Morgan fingerprint density at radius 1 is 1.21 bits per heavy atom. The van der Waals surface area contributed by atoms with Gasteiger partial charge in [-0.15, -0.1) is 5.10 Å². The number of halogens is 1. The van der Waals surface area contributed by atoms with E-state index in [2.05, 4.69) is 32.3 Å². The lowest BCUT2D eigenvalue weighted by atomic mass is 10.0. The molecule has 0 aliphatic carbocycles. The molecule has 0 saturated heterocycles. The lowest BCUT2D eigenvalue weighted by molar-refractivity contribution is 0.623. The lowest BCUT2D eigenvalue weighted by Gasteiger charge is -2.19. The monoisotopic (exact) mass is 383 g/mol. The number of fused-ring (bicyclic) bond motifs is 1. The van der Waals surface area contributed by atoms with Crippen LogP contribution in [-0.4, -0.2) is 24.6 Å². The predicted octanol–water partition coefficient (Wildman–Crippen LogP) is 4.60. The number of nitrogens with two attached hydrogens (primary N) is 1. The van der Waals surface area contributed by atoms with Crippen LogP contribution >= 0.6 is 0 Å². The van der Waals surface area contributed by atoms with E-state index in [1.165, 1.54) is 18.5 Å². The molecular weight excluding hydrogens is 357 g/mol. The number of nitrogens with one attached hydrogen (secondary N) is 1. The average Bonchev–Trinajstić information content (AvgIpc) is 3.04. The largest absolute Gasteiger partial charge is 0.382 e. The first kappa shape index (κ1) is 17.8. The van der Waals surface area contributed by atoms with Crippen LogP contribution in [0.3, 0.4) is 0 Å². The maximum atomic E-state index is 13.3. The standard InChI is InChI=1S/C20H20FN7.3H2/c1-2-4-15(13-5-7-14(21)8-6-13)26-17-11-16(24-12-25-17)18-19(22)27-28-10-3-9-23-20(18)28;;;/h3,5-12,15H,2,4H2,1H3,(H2,22,27)(H,24,25,26);3*1H/t15-;;;/m0.../s1. The van der Waals surface area contributed by atoms with E-state index < -0.39 is 0 Å². The first-order valence-electron chi connectivity index (χ1n) is 9.09. The number of anilines is 2. The summed E-state index contributed by atoms with van der Waals surface area (Å²) in [6, 6.07) is 10.1. The van der Waals surface area contributed by atoms with Crippen LogP contribution in [0.1, 0.15) is 35.7 Å². The topological polar surface area (TPSA) is 94.0 Å². The minimum absolute atomic E-state index is 0. The third-order valence-electron chi connectivity index (χ3n) is 4.52. The van der Waals surface area contributed by atoms with E-state index in [1.807, 2.05) is 6.07 Å². The van der Waals surface area contributed by atoms with Crippen LogP contribution in [-0.2, 0) is 0 Å². The fraction of sp³-hybridized carbons (Fsp3) is 0.200. The van der Waals surface area contributed by atoms with Gasteiger partial charge in [0.15, 0.2) is 11.5 Å². The van der Waals surface area contributed by atoms with Crippen molar-refractivity contribution in [2.75, 3.05) is 11.1 Å². The second-order valence-corrected chi connectivity index (χ2v) is 6.47. The number of hydrogen-bond acceptors (Lipinski definition) is 6. The summed E-state index contributed by atoms with van der Waals surface area (Å²) in [7, 11) is 0. The van der Waals surface area contributed by atoms with Crippen LogP contribution in [0.25, 0.3) is 16.9 Å². The summed E-state index contributed by atoms with van der Waals surface area (Å²) >= 11 is 0. The summed E-state index contributed by atoms with van der Waals surface area (Å²) in [5.74, 6) is 0.758. The molecule has 0 saturated carbocycles. The van der Waals surface area contributed by atoms with Gasteiger partial charge in [0.25, 0.3) is 0 Å². The molecule has 148 valence electrons. The van der Waals surface area contributed by atoms with Gasteiger partial charge in [0.05, 0.1) is 17.3 Å². The van der Waals surface area contributed by atoms with Gasteiger partial charge >= 0.3 is 0 Å². The van der Waals surface area contributed by atoms with E-state index in [9.17, 15) is 4.39 Å². The SMILES string of the molecule is CCC[C@H](Nc1cc(-c2c(N)nn3cccnc23)ncn1)c1ccc(F)cc1.[HH].[HH].[HH]. The molecule has 28 heavy (non-hydrogen) atoms. The minimum Gasteiger partial charge on any atom is -0.382 e. The van der Waals surface area contributed by atoms with Gasteiger partial charge in [0.1, 0.15) is 18.0 Å². The van der Waals surface area contributed by atoms with Gasteiger partial charge in [0.2, 0.25) is 0 Å². The van der Waals surface area contributed by atoms with Gasteiger partial charge in [-0.25, -0.2) is 23.9 Å². The van der Waals surface area contributed by atoms with E-state index in [-0.39, 0.29) is 16.1 Å². The molecular formula is C20H26FN7. The van der Waals surface area contributed by atoms with E-state index in [0.29, 0.717) is 28.5 Å². The van der Waals surface area contributed by atoms with Gasteiger partial charge in [-0.2, -0.15) is 0 Å². The molecule has 1 aromatic carbocycles. The van der Waals surface area contributed by atoms with Crippen molar-refractivity contribution in [1.82, 2.24) is 24.6 Å². The molecule has 3 aromatic heterocycles. The van der Waals surface area contributed by atoms with Crippen molar-refractivity contribution in [1.29, 1.82) is 0 Å². The molecule has 0 unspecified atom stereocenters. The maximum absolute atomic E-state index is 13.3. The number of nitrogens with zero attached hydrogens (tertiary/aromatic N) is 5. The van der Waals surface area contributed by atoms with Crippen LogP contribution in [0, 0.1) is 5.82 Å². The highest BCUT2D eigenvalue weighted by Crippen LogP contribution is 2.30. The molecule has 3 heterocycles. The van der Waals surface area contributed by atoms with E-state index in [1.54, 1.807) is 35.1 Å². The molecule has 0 spiro atoms. The van der Waals surface area contributed by atoms with Crippen molar-refractivity contribution >= 4 is 17.3 Å². The number of benzene rings is 1. The van der Waals surface area contributed by atoms with E-state index >= 15 is 0 Å². The average molecular weight is 383 g/mol. The van der Waals surface area contributed by atoms with Crippen LogP contribution in [0.2, 0.25) is 0 Å². The molecule has 0 fully saturated rings. The molecule has 8 heteroatoms. The Kier molecular flexibility index (Phi) is 4.84. The second-order valence-electron chi connectivity index (χ2n) is 6.47. The normalized spacial score (nSPS) is 12.2. The number of hydrogen-bond donors (Lipinski definition) is 2. The number of nitrogen functional groups attached to an aromatic ring is 1. The molecule has 1 atom stereocenters. The zero-order valence-corrected chi connectivity index (χ0v) is 15.4. The van der Waals surface area contributed by atoms with Crippen molar-refractivity contribution in [3.63, 3.8) is 0 Å². The van der Waals surface area contributed by atoms with Gasteiger partial charge in [0, 0.05) is 22.7 Å². The van der Waals surface area contributed by atoms with Gasteiger partial charge in [-0.1, -0.05) is 25.5 Å². The maximum Gasteiger partial charge on any atom is 0.166 e. The quantitative estimate of drug-likeness (QED) is 0.505. The van der Waals surface area contributed by atoms with Crippen LogP contribution in [0.4, 0.5) is 16.0 Å². The van der Waals surface area contributed by atoms with Crippen LogP contribution in [0.5, 0.6) is 0 Å². The molecule has 0 bridgehead atoms. The highest BCUT2D eigenvalue weighted by Gasteiger charge is 2.17. The Bertz CT molecular complexity index is 1110. The highest BCUT2D eigenvalue weighted by atomic mass is 19.1. The van der Waals surface area contributed by atoms with Crippen molar-refractivity contribution in [3.8, 4) is 11.3 Å². The molecule has 0 aliphatic heterocycles. The number of aromatic nitrogens is 5. The Morgan fingerprint density at radius 2 is 2.04 bits per heavy atom. The predicted molar refractivity (Wildman–Crippen MR) is 112 cm³/mol. The molecule has 4 rings (SSSR count). The van der Waals surface area contributed by atoms with Gasteiger partial charge in [-0.05, 0) is 30.2 Å². The van der Waals surface area contributed by atoms with Gasteiger partial charge < -0.3 is 11.1 Å². The smallest absolute Gasteiger partial charge is 0.166 e. The zero-order chi connectivity index (χ0) is 19.5. The fourth-order valence-corrected chi connectivity index (χ4v) is 3.21. The molecule has 4 aromatic rings. The first-order valence-corrected chi connectivity index (χ1v) is 9.09. The summed E-state index contributed by atoms with van der Waals surface area (Å²) in [6.07, 6.45) is 6.81. The molecule has 7 nitrogen and oxygen atoms in total. The Labute approximate surface area is 165 Å². The highest BCUT2D eigenvalue weighted by molar-refractivity contribution is 5.84. The van der Waals surface area contributed by atoms with E-state index in [0.717, 1.165) is 18.4 Å². The van der Waals surface area contributed by atoms with Gasteiger partial charge in [-0.3, -0.25) is 0 Å². The third kappa shape index (κ3) is 3.48. The fourth-order valence-electron chi connectivity index (χ4n) is 3.21. The second kappa shape index (κ2) is 7.59. The van der Waals surface area contributed by atoms with Crippen molar-refractivity contribution in [2.45, 2.75) is 25.8 Å². The summed E-state index contributed by atoms with van der Waals surface area (Å²) in [4.78, 5) is 13.1. The van der Waals surface area contributed by atoms with Crippen molar-refractivity contribution in [2.24, 2.45) is 0 Å². The van der Waals surface area contributed by atoms with Crippen LogP contribution in [0.15, 0.2) is 55.1 Å². The van der Waals surface area contributed by atoms with Crippen LogP contribution < -0.4 is 11.1 Å². The Morgan fingerprint density at radius 3 is 2.82 bits per heavy atom. The molecule has 3 N–H and O–H groups in total. The summed E-state index contributed by atoms with van der Waals surface area (Å²) in [6.45, 7) is 2.11. The zero-order valence-electron chi connectivity index (χ0n) is 15.4. The van der Waals surface area contributed by atoms with Crippen molar-refractivity contribution in [3.05, 3.63) is 66.5 Å². The third-order valence-corrected chi connectivity index (χ3v) is 4.52. The molecule has 0 amide bonds. The summed E-state index contributed by atoms with van der Waals surface area (Å²) < 4.78 is 14.9. The summed E-state index contributed by atoms with van der Waals surface area (Å²) in [5.41, 5.74) is 9.04. The molecule has 0 radical (unpaired) electrons. The minimum atomic E-state index is -0.251. The Balaban J connectivity index is 0.00000160. The van der Waals surface area contributed by atoms with E-state index in [4.69, 9.17) is 5.73 Å².